The topological polar surface area (TPSA) is 26.8 Å². The number of rotatable bonds is 3. The first-order chi connectivity index (χ1) is 12.0. The molecule has 4 nitrogen and oxygen atoms in total. The lowest BCUT2D eigenvalue weighted by atomic mass is 10.1. The van der Waals surface area contributed by atoms with E-state index in [1.807, 2.05) is 48.2 Å². The molecular formula is C21H27N3O. The van der Waals surface area contributed by atoms with E-state index in [0.717, 1.165) is 37.4 Å². The molecule has 25 heavy (non-hydrogen) atoms. The van der Waals surface area contributed by atoms with Crippen LogP contribution in [0.1, 0.15) is 21.5 Å². The van der Waals surface area contributed by atoms with Gasteiger partial charge in [0.05, 0.1) is 0 Å². The van der Waals surface area contributed by atoms with Crippen LogP contribution in [0.15, 0.2) is 42.5 Å². The fourth-order valence-corrected chi connectivity index (χ4v) is 3.31. The molecule has 0 unspecified atom stereocenters. The standard InChI is InChI=1S/C21H27N3O/c1-16-6-5-7-20(17(16)2)23-12-14-24(15-13-23)21(25)18-8-10-19(11-9-18)22(3)4/h5-11H,12-15H2,1-4H3. The summed E-state index contributed by atoms with van der Waals surface area (Å²) < 4.78 is 0. The van der Waals surface area contributed by atoms with E-state index in [1.54, 1.807) is 0 Å². The van der Waals surface area contributed by atoms with Gasteiger partial charge in [0.25, 0.3) is 5.91 Å². The first-order valence-electron chi connectivity index (χ1n) is 8.85. The zero-order valence-electron chi connectivity index (χ0n) is 15.6. The van der Waals surface area contributed by atoms with Crippen molar-refractivity contribution in [1.29, 1.82) is 0 Å². The largest absolute Gasteiger partial charge is 0.378 e. The monoisotopic (exact) mass is 337 g/mol. The Labute approximate surface area is 150 Å². The summed E-state index contributed by atoms with van der Waals surface area (Å²) in [6.45, 7) is 7.62. The van der Waals surface area contributed by atoms with Crippen molar-refractivity contribution in [2.75, 3.05) is 50.1 Å². The van der Waals surface area contributed by atoms with E-state index in [4.69, 9.17) is 0 Å². The molecule has 2 aromatic rings. The summed E-state index contributed by atoms with van der Waals surface area (Å²) in [5.74, 6) is 0.130. The van der Waals surface area contributed by atoms with Crippen LogP contribution in [0.4, 0.5) is 11.4 Å². The molecule has 0 bridgehead atoms. The highest BCUT2D eigenvalue weighted by Crippen LogP contribution is 2.24. The van der Waals surface area contributed by atoms with Gasteiger partial charge in [0.15, 0.2) is 0 Å². The number of nitrogens with zero attached hydrogens (tertiary/aromatic N) is 3. The Hall–Kier alpha value is -2.49. The van der Waals surface area contributed by atoms with Gasteiger partial charge in [0.1, 0.15) is 0 Å². The predicted octanol–water partition coefficient (Wildman–Crippen LogP) is 3.33. The Kier molecular flexibility index (Phi) is 4.98. The number of amides is 1. The van der Waals surface area contributed by atoms with Crippen LogP contribution in [0.5, 0.6) is 0 Å². The Morgan fingerprint density at radius 1 is 0.920 bits per heavy atom. The normalized spacial score (nSPS) is 14.6. The fraction of sp³-hybridized carbons (Fsp3) is 0.381. The minimum absolute atomic E-state index is 0.130. The molecule has 1 heterocycles. The van der Waals surface area contributed by atoms with E-state index < -0.39 is 0 Å². The molecule has 0 radical (unpaired) electrons. The maximum absolute atomic E-state index is 12.7. The van der Waals surface area contributed by atoms with Crippen LogP contribution < -0.4 is 9.80 Å². The minimum atomic E-state index is 0.130. The third-order valence-electron chi connectivity index (χ3n) is 5.11. The highest BCUT2D eigenvalue weighted by molar-refractivity contribution is 5.94. The van der Waals surface area contributed by atoms with E-state index in [0.29, 0.717) is 0 Å². The summed E-state index contributed by atoms with van der Waals surface area (Å²) in [5.41, 5.74) is 5.82. The maximum Gasteiger partial charge on any atom is 0.253 e. The Morgan fingerprint density at radius 2 is 1.56 bits per heavy atom. The Balaban J connectivity index is 1.65. The number of anilines is 2. The number of hydrogen-bond donors (Lipinski definition) is 0. The van der Waals surface area contributed by atoms with Crippen molar-refractivity contribution in [3.8, 4) is 0 Å². The molecule has 0 spiro atoms. The van der Waals surface area contributed by atoms with E-state index in [-0.39, 0.29) is 5.91 Å². The van der Waals surface area contributed by atoms with Crippen molar-refractivity contribution in [1.82, 2.24) is 4.90 Å². The molecule has 1 saturated heterocycles. The molecular weight excluding hydrogens is 310 g/mol. The maximum atomic E-state index is 12.7. The summed E-state index contributed by atoms with van der Waals surface area (Å²) in [7, 11) is 4.01. The number of piperazine rings is 1. The Bertz CT molecular complexity index is 744. The molecule has 1 aliphatic heterocycles. The van der Waals surface area contributed by atoms with E-state index in [2.05, 4.69) is 36.9 Å². The molecule has 1 fully saturated rings. The van der Waals surface area contributed by atoms with Crippen molar-refractivity contribution in [3.05, 3.63) is 59.2 Å². The first-order valence-corrected chi connectivity index (χ1v) is 8.85. The number of carbonyl (C=O) groups excluding carboxylic acids is 1. The van der Waals surface area contributed by atoms with Crippen LogP contribution in [-0.2, 0) is 0 Å². The van der Waals surface area contributed by atoms with Crippen LogP contribution in [-0.4, -0.2) is 51.1 Å². The van der Waals surface area contributed by atoms with E-state index >= 15 is 0 Å². The number of aryl methyl sites for hydroxylation is 1. The molecule has 4 heteroatoms. The lowest BCUT2D eigenvalue weighted by molar-refractivity contribution is 0.0747. The van der Waals surface area contributed by atoms with Crippen LogP contribution >= 0.6 is 0 Å². The smallest absolute Gasteiger partial charge is 0.253 e. The van der Waals surface area contributed by atoms with Crippen molar-refractivity contribution in [2.45, 2.75) is 13.8 Å². The molecule has 132 valence electrons. The molecule has 0 aromatic heterocycles. The molecule has 1 amide bonds. The van der Waals surface area contributed by atoms with Gasteiger partial charge in [-0.15, -0.1) is 0 Å². The highest BCUT2D eigenvalue weighted by Gasteiger charge is 2.23. The van der Waals surface area contributed by atoms with Crippen LogP contribution in [0.3, 0.4) is 0 Å². The second-order valence-corrected chi connectivity index (χ2v) is 6.94. The quantitative estimate of drug-likeness (QED) is 0.859. The van der Waals surface area contributed by atoms with Gasteiger partial charge in [-0.3, -0.25) is 4.79 Å². The van der Waals surface area contributed by atoms with Gasteiger partial charge in [0.2, 0.25) is 0 Å². The lowest BCUT2D eigenvalue weighted by Crippen LogP contribution is -2.49. The van der Waals surface area contributed by atoms with Crippen LogP contribution in [0, 0.1) is 13.8 Å². The molecule has 3 rings (SSSR count). The number of carbonyl (C=O) groups is 1. The zero-order valence-corrected chi connectivity index (χ0v) is 15.6. The summed E-state index contributed by atoms with van der Waals surface area (Å²) >= 11 is 0. The van der Waals surface area contributed by atoms with Gasteiger partial charge < -0.3 is 14.7 Å². The van der Waals surface area contributed by atoms with Gasteiger partial charge in [-0.25, -0.2) is 0 Å². The van der Waals surface area contributed by atoms with Gasteiger partial charge in [-0.05, 0) is 55.3 Å². The molecule has 0 aliphatic carbocycles. The summed E-state index contributed by atoms with van der Waals surface area (Å²) in [5, 5.41) is 0. The van der Waals surface area contributed by atoms with Crippen LogP contribution in [0.2, 0.25) is 0 Å². The Morgan fingerprint density at radius 3 is 2.16 bits per heavy atom. The van der Waals surface area contributed by atoms with Gasteiger partial charge in [0, 0.05) is 57.2 Å². The SMILES string of the molecule is Cc1cccc(N2CCN(C(=O)c3ccc(N(C)C)cc3)CC2)c1C. The van der Waals surface area contributed by atoms with Crippen molar-refractivity contribution < 1.29 is 4.79 Å². The number of benzene rings is 2. The van der Waals surface area contributed by atoms with Gasteiger partial charge in [-0.2, -0.15) is 0 Å². The highest BCUT2D eigenvalue weighted by atomic mass is 16.2. The average Bonchev–Trinajstić information content (AvgIpc) is 2.64. The summed E-state index contributed by atoms with van der Waals surface area (Å²) in [6, 6.07) is 14.3. The molecule has 0 atom stereocenters. The summed E-state index contributed by atoms with van der Waals surface area (Å²) in [4.78, 5) is 19.1. The summed E-state index contributed by atoms with van der Waals surface area (Å²) in [6.07, 6.45) is 0. The average molecular weight is 337 g/mol. The van der Waals surface area contributed by atoms with Crippen molar-refractivity contribution in [2.24, 2.45) is 0 Å². The molecule has 2 aromatic carbocycles. The minimum Gasteiger partial charge on any atom is -0.378 e. The van der Waals surface area contributed by atoms with Crippen LogP contribution in [0.25, 0.3) is 0 Å². The number of hydrogen-bond acceptors (Lipinski definition) is 3. The molecule has 0 N–H and O–H groups in total. The van der Waals surface area contributed by atoms with Crippen molar-refractivity contribution in [3.63, 3.8) is 0 Å². The molecule has 0 saturated carbocycles. The zero-order chi connectivity index (χ0) is 18.0. The second kappa shape index (κ2) is 7.18. The lowest BCUT2D eigenvalue weighted by Gasteiger charge is -2.37. The van der Waals surface area contributed by atoms with Crippen molar-refractivity contribution >= 4 is 17.3 Å². The van der Waals surface area contributed by atoms with Gasteiger partial charge >= 0.3 is 0 Å². The van der Waals surface area contributed by atoms with E-state index in [1.165, 1.54) is 16.8 Å². The molecule has 1 aliphatic rings. The third kappa shape index (κ3) is 3.63. The fourth-order valence-electron chi connectivity index (χ4n) is 3.31. The second-order valence-electron chi connectivity index (χ2n) is 6.94. The third-order valence-corrected chi connectivity index (χ3v) is 5.11. The van der Waals surface area contributed by atoms with E-state index in [9.17, 15) is 4.79 Å². The predicted molar refractivity (Wildman–Crippen MR) is 105 cm³/mol. The first kappa shape index (κ1) is 17.3. The van der Waals surface area contributed by atoms with Gasteiger partial charge in [-0.1, -0.05) is 12.1 Å².